The molecule has 0 aromatic carbocycles. The zero-order valence-electron chi connectivity index (χ0n) is 27.5. The van der Waals surface area contributed by atoms with Crippen LogP contribution in [0.25, 0.3) is 0 Å². The van der Waals surface area contributed by atoms with Crippen LogP contribution >= 0.6 is 0 Å². The van der Waals surface area contributed by atoms with Crippen LogP contribution < -0.4 is 0 Å². The Bertz CT molecular complexity index is 894. The van der Waals surface area contributed by atoms with E-state index in [4.69, 9.17) is 18.1 Å². The van der Waals surface area contributed by atoms with Gasteiger partial charge in [0.05, 0.1) is 12.3 Å². The molecule has 4 rings (SSSR count). The molecule has 0 N–H and O–H groups in total. The average molecular weight is 596 g/mol. The second-order valence-electron chi connectivity index (χ2n) is 17.0. The molecule has 0 spiro atoms. The molecule has 5 nitrogen and oxygen atoms in total. The van der Waals surface area contributed by atoms with Crippen LogP contribution in [-0.4, -0.2) is 56.6 Å². The van der Waals surface area contributed by atoms with Crippen molar-refractivity contribution in [3.05, 3.63) is 0 Å². The first-order valence-electron chi connectivity index (χ1n) is 16.0. The summed E-state index contributed by atoms with van der Waals surface area (Å²) in [5.74, 6) is 3.32. The number of fused-ring (bicyclic) bond motifs is 5. The van der Waals surface area contributed by atoms with Crippen molar-refractivity contribution in [3.63, 3.8) is 0 Å². The van der Waals surface area contributed by atoms with Gasteiger partial charge >= 0.3 is 0 Å². The minimum Gasteiger partial charge on any atom is -0.415 e. The molecule has 4 saturated carbocycles. The van der Waals surface area contributed by atoms with Gasteiger partial charge in [0, 0.05) is 18.1 Å². The molecule has 8 heteroatoms. The van der Waals surface area contributed by atoms with Gasteiger partial charge in [-0.3, -0.25) is 0 Å². The Labute approximate surface area is 243 Å². The van der Waals surface area contributed by atoms with Crippen molar-refractivity contribution < 1.29 is 18.1 Å². The van der Waals surface area contributed by atoms with Crippen molar-refractivity contribution >= 4 is 30.7 Å². The molecular weight excluding hydrogens is 535 g/mol. The lowest BCUT2D eigenvalue weighted by molar-refractivity contribution is -0.168. The zero-order chi connectivity index (χ0) is 29.0. The minimum atomic E-state index is -1.73. The molecule has 0 aromatic heterocycles. The van der Waals surface area contributed by atoms with Crippen molar-refractivity contribution in [2.45, 2.75) is 136 Å². The minimum absolute atomic E-state index is 0.187. The Balaban J connectivity index is 1.64. The van der Waals surface area contributed by atoms with E-state index in [2.05, 4.69) is 77.9 Å². The normalized spacial score (nSPS) is 41.5. The van der Waals surface area contributed by atoms with Gasteiger partial charge in [-0.1, -0.05) is 19.0 Å². The third-order valence-electron chi connectivity index (χ3n) is 10.8. The number of hydrogen-bond donors (Lipinski definition) is 0. The van der Waals surface area contributed by atoms with Gasteiger partial charge in [-0.25, -0.2) is 0 Å². The summed E-state index contributed by atoms with van der Waals surface area (Å²) < 4.78 is 20.4. The van der Waals surface area contributed by atoms with E-state index in [1.807, 2.05) is 0 Å². The Hall–Kier alpha value is 0.000649. The first kappa shape index (κ1) is 31.9. The quantitative estimate of drug-likeness (QED) is 0.152. The molecule has 0 heterocycles. The number of hydrogen-bond acceptors (Lipinski definition) is 5. The van der Waals surface area contributed by atoms with Crippen LogP contribution in [0.5, 0.6) is 0 Å². The van der Waals surface area contributed by atoms with Gasteiger partial charge in [0.25, 0.3) is 0 Å². The topological polar surface area (TPSA) is 49.3 Å². The third kappa shape index (κ3) is 6.98. The number of nitrogens with zero attached hydrogens (tertiary/aromatic N) is 1. The molecule has 3 unspecified atom stereocenters. The fourth-order valence-electron chi connectivity index (χ4n) is 9.62. The third-order valence-corrected chi connectivity index (χ3v) is 13.9. The van der Waals surface area contributed by atoms with E-state index in [0.29, 0.717) is 36.1 Å². The largest absolute Gasteiger partial charge is 0.415 e. The molecule has 0 aromatic rings. The highest BCUT2D eigenvalue weighted by molar-refractivity contribution is 6.70. The zero-order valence-corrected chi connectivity index (χ0v) is 30.5. The van der Waals surface area contributed by atoms with Crippen LogP contribution in [0.1, 0.15) is 65.2 Å². The highest BCUT2D eigenvalue weighted by atomic mass is 28.4. The molecule has 4 fully saturated rings. The van der Waals surface area contributed by atoms with E-state index in [1.54, 1.807) is 7.11 Å². The maximum atomic E-state index is 7.26. The van der Waals surface area contributed by atoms with E-state index in [1.165, 1.54) is 44.9 Å². The van der Waals surface area contributed by atoms with Gasteiger partial charge in [-0.2, -0.15) is 0 Å². The smallest absolute Gasteiger partial charge is 0.184 e. The predicted octanol–water partition coefficient (Wildman–Crippen LogP) is 8.55. The van der Waals surface area contributed by atoms with Crippen molar-refractivity contribution in [3.8, 4) is 0 Å². The maximum absolute atomic E-state index is 7.26. The van der Waals surface area contributed by atoms with Gasteiger partial charge in [0.2, 0.25) is 0 Å². The average Bonchev–Trinajstić information content (AvgIpc) is 3.10. The monoisotopic (exact) mass is 595 g/mol. The standard InChI is InChI=1S/C31H61NO4Si3/c1-30-18-17-23(35-38(7,8)9)19-22(30)13-14-24-25-15-16-26(27(32-33-3)21-34-37(4,5)6)31(25,2)20-28(29(24)30)36-39(10,11)12/h22-26,28-29H,13-21H2,1-12H3/b32-27-/t22-,23-,24?,25?,26-,28+,29?,30+,31+/m1/s1. The number of rotatable bonds is 9. The van der Waals surface area contributed by atoms with E-state index in [9.17, 15) is 0 Å². The molecule has 226 valence electrons. The summed E-state index contributed by atoms with van der Waals surface area (Å²) in [6, 6.07) is 0. The Morgan fingerprint density at radius 1 is 0.795 bits per heavy atom. The lowest BCUT2D eigenvalue weighted by Gasteiger charge is -2.64. The fourth-order valence-corrected chi connectivity index (χ4v) is 12.6. The highest BCUT2D eigenvalue weighted by Crippen LogP contribution is 2.68. The molecule has 0 amide bonds. The molecule has 4 aliphatic carbocycles. The summed E-state index contributed by atoms with van der Waals surface area (Å²) in [7, 11) is -3.21. The van der Waals surface area contributed by atoms with Crippen LogP contribution in [0.2, 0.25) is 58.9 Å². The summed E-state index contributed by atoms with van der Waals surface area (Å²) in [4.78, 5) is 5.44. The van der Waals surface area contributed by atoms with Crippen LogP contribution in [0, 0.1) is 40.4 Å². The molecule has 4 aliphatic rings. The van der Waals surface area contributed by atoms with E-state index >= 15 is 0 Å². The van der Waals surface area contributed by atoms with E-state index in [-0.39, 0.29) is 5.41 Å². The molecule has 39 heavy (non-hydrogen) atoms. The Kier molecular flexibility index (Phi) is 9.21. The Morgan fingerprint density at radius 2 is 1.46 bits per heavy atom. The second-order valence-corrected chi connectivity index (χ2v) is 30.4. The van der Waals surface area contributed by atoms with Gasteiger partial charge in [-0.05, 0) is 145 Å². The molecular formula is C31H61NO4Si3. The fraction of sp³-hybridized carbons (Fsp3) is 0.968. The Morgan fingerprint density at radius 3 is 2.05 bits per heavy atom. The van der Waals surface area contributed by atoms with Gasteiger partial charge < -0.3 is 18.1 Å². The molecule has 0 saturated heterocycles. The highest BCUT2D eigenvalue weighted by Gasteiger charge is 2.64. The van der Waals surface area contributed by atoms with Crippen molar-refractivity contribution in [2.24, 2.45) is 45.6 Å². The molecule has 0 radical (unpaired) electrons. The molecule has 0 aliphatic heterocycles. The summed E-state index contributed by atoms with van der Waals surface area (Å²) >= 11 is 0. The summed E-state index contributed by atoms with van der Waals surface area (Å²) in [6.45, 7) is 26.9. The van der Waals surface area contributed by atoms with Gasteiger partial charge in [0.15, 0.2) is 25.0 Å². The molecule has 9 atom stereocenters. The van der Waals surface area contributed by atoms with Crippen LogP contribution in [0.4, 0.5) is 0 Å². The van der Waals surface area contributed by atoms with Crippen molar-refractivity contribution in [1.29, 1.82) is 0 Å². The molecule has 0 bridgehead atoms. The predicted molar refractivity (Wildman–Crippen MR) is 171 cm³/mol. The first-order chi connectivity index (χ1) is 17.9. The van der Waals surface area contributed by atoms with E-state index < -0.39 is 25.0 Å². The maximum Gasteiger partial charge on any atom is 0.184 e. The summed E-state index contributed by atoms with van der Waals surface area (Å²) in [5, 5.41) is 4.64. The van der Waals surface area contributed by atoms with Crippen molar-refractivity contribution in [2.75, 3.05) is 13.7 Å². The summed E-state index contributed by atoms with van der Waals surface area (Å²) in [5.41, 5.74) is 1.68. The van der Waals surface area contributed by atoms with Crippen molar-refractivity contribution in [1.82, 2.24) is 0 Å². The van der Waals surface area contributed by atoms with E-state index in [0.717, 1.165) is 29.9 Å². The van der Waals surface area contributed by atoms with Crippen LogP contribution in [0.15, 0.2) is 5.16 Å². The summed E-state index contributed by atoms with van der Waals surface area (Å²) in [6.07, 6.45) is 11.0. The lowest BCUT2D eigenvalue weighted by Crippen LogP contribution is -2.61. The first-order valence-corrected chi connectivity index (χ1v) is 26.2. The van der Waals surface area contributed by atoms with Crippen LogP contribution in [-0.2, 0) is 18.1 Å². The number of oxime groups is 1. The van der Waals surface area contributed by atoms with Gasteiger partial charge in [-0.15, -0.1) is 0 Å². The SMILES string of the molecule is CO/N=C(/CO[Si](C)(C)C)[C@H]1CCC2C3CC[C@@H]4C[C@H](O[Si](C)(C)C)CC[C@]4(C)C3[C@@H](O[Si](C)(C)C)C[C@@]21C. The lowest BCUT2D eigenvalue weighted by atomic mass is 9.44. The van der Waals surface area contributed by atoms with Crippen LogP contribution in [0.3, 0.4) is 0 Å². The second kappa shape index (κ2) is 11.3. The van der Waals surface area contributed by atoms with Gasteiger partial charge in [0.1, 0.15) is 7.11 Å².